The molecular formula is C23H23N7O2. The van der Waals surface area contributed by atoms with E-state index >= 15 is 0 Å². The standard InChI is InChI=1S/C23H23N7O2/c1-16-3-8-21(17(2)13-16)29-23-20(14-26-29)22(24-15-25-23)28-11-9-27(10-12-28)18-4-6-19(7-5-18)30(31)32/h3-8,13-15H,9-12H2,1-2H3. The number of hydrogen-bond donors (Lipinski definition) is 0. The molecule has 0 unspecified atom stereocenters. The van der Waals surface area contributed by atoms with E-state index in [4.69, 9.17) is 0 Å². The van der Waals surface area contributed by atoms with Crippen LogP contribution in [-0.4, -0.2) is 50.9 Å². The molecule has 4 aromatic rings. The van der Waals surface area contributed by atoms with Crippen LogP contribution in [0, 0.1) is 24.0 Å². The summed E-state index contributed by atoms with van der Waals surface area (Å²) in [5.74, 6) is 0.884. The highest BCUT2D eigenvalue weighted by atomic mass is 16.6. The molecule has 0 amide bonds. The van der Waals surface area contributed by atoms with Crippen molar-refractivity contribution in [3.63, 3.8) is 0 Å². The summed E-state index contributed by atoms with van der Waals surface area (Å²) in [5.41, 5.74) is 5.26. The highest BCUT2D eigenvalue weighted by Gasteiger charge is 2.22. The van der Waals surface area contributed by atoms with Gasteiger partial charge in [-0.1, -0.05) is 17.7 Å². The number of fused-ring (bicyclic) bond motifs is 1. The highest BCUT2D eigenvalue weighted by molar-refractivity contribution is 5.88. The molecule has 9 heteroatoms. The summed E-state index contributed by atoms with van der Waals surface area (Å²) < 4.78 is 1.88. The van der Waals surface area contributed by atoms with Gasteiger partial charge in [0.15, 0.2) is 5.65 Å². The molecule has 0 saturated carbocycles. The third-order valence-corrected chi connectivity index (χ3v) is 5.93. The first-order valence-corrected chi connectivity index (χ1v) is 10.5. The number of anilines is 2. The Balaban J connectivity index is 1.38. The Morgan fingerprint density at radius 3 is 2.34 bits per heavy atom. The van der Waals surface area contributed by atoms with Crippen LogP contribution in [0.4, 0.5) is 17.2 Å². The first kappa shape index (κ1) is 19.9. The van der Waals surface area contributed by atoms with E-state index in [2.05, 4.69) is 56.9 Å². The van der Waals surface area contributed by atoms with Gasteiger partial charge in [0, 0.05) is 44.0 Å². The number of aromatic nitrogens is 4. The normalized spacial score (nSPS) is 14.2. The largest absolute Gasteiger partial charge is 0.368 e. The highest BCUT2D eigenvalue weighted by Crippen LogP contribution is 2.28. The van der Waals surface area contributed by atoms with Gasteiger partial charge in [0.25, 0.3) is 5.69 Å². The monoisotopic (exact) mass is 429 g/mol. The molecule has 1 aliphatic rings. The summed E-state index contributed by atoms with van der Waals surface area (Å²) in [5, 5.41) is 16.4. The second-order valence-corrected chi connectivity index (χ2v) is 8.03. The smallest absolute Gasteiger partial charge is 0.269 e. The van der Waals surface area contributed by atoms with Crippen LogP contribution in [0.25, 0.3) is 16.7 Å². The molecule has 0 spiro atoms. The lowest BCUT2D eigenvalue weighted by Crippen LogP contribution is -2.46. The Labute approximate surface area is 185 Å². The topological polar surface area (TPSA) is 93.2 Å². The molecular weight excluding hydrogens is 406 g/mol. The van der Waals surface area contributed by atoms with Crippen molar-refractivity contribution < 1.29 is 4.92 Å². The molecule has 3 heterocycles. The van der Waals surface area contributed by atoms with Crippen LogP contribution < -0.4 is 9.80 Å². The zero-order valence-corrected chi connectivity index (χ0v) is 18.0. The van der Waals surface area contributed by atoms with Crippen LogP contribution >= 0.6 is 0 Å². The molecule has 0 aliphatic carbocycles. The Kier molecular flexibility index (Phi) is 4.93. The minimum Gasteiger partial charge on any atom is -0.368 e. The van der Waals surface area contributed by atoms with E-state index in [9.17, 15) is 10.1 Å². The summed E-state index contributed by atoms with van der Waals surface area (Å²) in [7, 11) is 0. The van der Waals surface area contributed by atoms with E-state index in [1.54, 1.807) is 18.5 Å². The maximum absolute atomic E-state index is 10.9. The van der Waals surface area contributed by atoms with Gasteiger partial charge < -0.3 is 9.80 Å². The average Bonchev–Trinajstić information content (AvgIpc) is 3.23. The minimum atomic E-state index is -0.375. The van der Waals surface area contributed by atoms with Gasteiger partial charge in [0.2, 0.25) is 0 Å². The Bertz CT molecular complexity index is 1290. The van der Waals surface area contributed by atoms with Gasteiger partial charge >= 0.3 is 0 Å². The lowest BCUT2D eigenvalue weighted by molar-refractivity contribution is -0.384. The summed E-state index contributed by atoms with van der Waals surface area (Å²) in [6.45, 7) is 7.34. The van der Waals surface area contributed by atoms with Gasteiger partial charge in [-0.25, -0.2) is 14.6 Å². The molecule has 2 aromatic heterocycles. The van der Waals surface area contributed by atoms with Gasteiger partial charge in [-0.05, 0) is 37.6 Å². The number of nitro groups is 1. The van der Waals surface area contributed by atoms with Crippen molar-refractivity contribution in [3.05, 3.63) is 76.2 Å². The summed E-state index contributed by atoms with van der Waals surface area (Å²) in [4.78, 5) is 24.1. The Morgan fingerprint density at radius 1 is 0.938 bits per heavy atom. The number of piperazine rings is 1. The van der Waals surface area contributed by atoms with Gasteiger partial charge in [-0.3, -0.25) is 10.1 Å². The maximum Gasteiger partial charge on any atom is 0.269 e. The predicted molar refractivity (Wildman–Crippen MR) is 124 cm³/mol. The molecule has 5 rings (SSSR count). The molecule has 9 nitrogen and oxygen atoms in total. The number of rotatable bonds is 4. The van der Waals surface area contributed by atoms with Gasteiger partial charge in [-0.2, -0.15) is 5.10 Å². The van der Waals surface area contributed by atoms with Crippen molar-refractivity contribution in [2.75, 3.05) is 36.0 Å². The van der Waals surface area contributed by atoms with Crippen molar-refractivity contribution in [1.29, 1.82) is 0 Å². The fraction of sp³-hybridized carbons (Fsp3) is 0.261. The van der Waals surface area contributed by atoms with E-state index < -0.39 is 0 Å². The number of nitrogens with zero attached hydrogens (tertiary/aromatic N) is 7. The van der Waals surface area contributed by atoms with Crippen LogP contribution in [-0.2, 0) is 0 Å². The fourth-order valence-electron chi connectivity index (χ4n) is 4.26. The summed E-state index contributed by atoms with van der Waals surface area (Å²) in [6.07, 6.45) is 3.44. The van der Waals surface area contributed by atoms with Crippen LogP contribution in [0.3, 0.4) is 0 Å². The van der Waals surface area contributed by atoms with Crippen molar-refractivity contribution in [2.45, 2.75) is 13.8 Å². The third kappa shape index (κ3) is 3.51. The van der Waals surface area contributed by atoms with E-state index in [1.807, 2.05) is 23.0 Å². The number of hydrogen-bond acceptors (Lipinski definition) is 7. The summed E-state index contributed by atoms with van der Waals surface area (Å²) in [6, 6.07) is 13.0. The predicted octanol–water partition coefficient (Wildman–Crippen LogP) is 3.67. The number of non-ortho nitro benzene ring substituents is 1. The van der Waals surface area contributed by atoms with Gasteiger partial charge in [0.05, 0.1) is 22.2 Å². The average molecular weight is 429 g/mol. The van der Waals surface area contributed by atoms with E-state index in [1.165, 1.54) is 5.56 Å². The maximum atomic E-state index is 10.9. The first-order valence-electron chi connectivity index (χ1n) is 10.5. The quantitative estimate of drug-likeness (QED) is 0.361. The molecule has 0 radical (unpaired) electrons. The van der Waals surface area contributed by atoms with Crippen molar-refractivity contribution in [2.24, 2.45) is 0 Å². The minimum absolute atomic E-state index is 0.108. The number of benzene rings is 2. The molecule has 1 saturated heterocycles. The summed E-state index contributed by atoms with van der Waals surface area (Å²) >= 11 is 0. The molecule has 0 atom stereocenters. The third-order valence-electron chi connectivity index (χ3n) is 5.93. The molecule has 162 valence electrons. The van der Waals surface area contributed by atoms with E-state index in [0.717, 1.165) is 60.0 Å². The molecule has 2 aromatic carbocycles. The lowest BCUT2D eigenvalue weighted by atomic mass is 10.1. The lowest BCUT2D eigenvalue weighted by Gasteiger charge is -2.36. The van der Waals surface area contributed by atoms with Gasteiger partial charge in [-0.15, -0.1) is 0 Å². The second-order valence-electron chi connectivity index (χ2n) is 8.03. The number of nitro benzene ring substituents is 1. The molecule has 0 bridgehead atoms. The molecule has 1 fully saturated rings. The Hall–Kier alpha value is -4.01. The first-order chi connectivity index (χ1) is 15.5. The van der Waals surface area contributed by atoms with E-state index in [0.29, 0.717) is 0 Å². The van der Waals surface area contributed by atoms with Crippen LogP contribution in [0.2, 0.25) is 0 Å². The van der Waals surface area contributed by atoms with E-state index in [-0.39, 0.29) is 10.6 Å². The number of aryl methyl sites for hydroxylation is 2. The van der Waals surface area contributed by atoms with Gasteiger partial charge in [0.1, 0.15) is 12.1 Å². The van der Waals surface area contributed by atoms with Crippen LogP contribution in [0.1, 0.15) is 11.1 Å². The Morgan fingerprint density at radius 2 is 1.66 bits per heavy atom. The molecule has 32 heavy (non-hydrogen) atoms. The molecule has 0 N–H and O–H groups in total. The van der Waals surface area contributed by atoms with Crippen molar-refractivity contribution >= 4 is 28.2 Å². The van der Waals surface area contributed by atoms with Crippen molar-refractivity contribution in [3.8, 4) is 5.69 Å². The zero-order chi connectivity index (χ0) is 22.2. The fourth-order valence-corrected chi connectivity index (χ4v) is 4.26. The zero-order valence-electron chi connectivity index (χ0n) is 18.0. The second kappa shape index (κ2) is 7.92. The van der Waals surface area contributed by atoms with Crippen molar-refractivity contribution in [1.82, 2.24) is 19.7 Å². The molecule has 1 aliphatic heterocycles. The SMILES string of the molecule is Cc1ccc(-n2ncc3c(N4CCN(c5ccc([N+](=O)[O-])cc5)CC4)ncnc32)c(C)c1. The van der Waals surface area contributed by atoms with Crippen LogP contribution in [0.5, 0.6) is 0 Å². The van der Waals surface area contributed by atoms with Crippen LogP contribution in [0.15, 0.2) is 55.0 Å².